The number of hydrogen-bond donors (Lipinski definition) is 2. The van der Waals surface area contributed by atoms with Crippen molar-refractivity contribution in [1.82, 2.24) is 24.5 Å². The summed E-state index contributed by atoms with van der Waals surface area (Å²) in [6, 6.07) is 9.11. The third-order valence-corrected chi connectivity index (χ3v) is 8.53. The molecule has 3 aromatic heterocycles. The first-order chi connectivity index (χ1) is 22.8. The lowest BCUT2D eigenvalue weighted by Crippen LogP contribution is -2.22. The molecule has 0 bridgehead atoms. The summed E-state index contributed by atoms with van der Waals surface area (Å²) < 4.78 is 104. The van der Waals surface area contributed by atoms with E-state index in [9.17, 15) is 27.1 Å². The van der Waals surface area contributed by atoms with Crippen molar-refractivity contribution in [2.24, 2.45) is 7.05 Å². The molecule has 0 fully saturated rings. The third kappa shape index (κ3) is 6.69. The monoisotopic (exact) mass is 704 g/mol. The van der Waals surface area contributed by atoms with Gasteiger partial charge in [-0.3, -0.25) is 9.36 Å². The van der Waals surface area contributed by atoms with Crippen LogP contribution in [0.1, 0.15) is 60.1 Å². The van der Waals surface area contributed by atoms with Crippen molar-refractivity contribution in [2.45, 2.75) is 63.3 Å². The van der Waals surface area contributed by atoms with Gasteiger partial charge in [0.05, 0.1) is 28.2 Å². The zero-order valence-corrected chi connectivity index (χ0v) is 27.0. The van der Waals surface area contributed by atoms with Crippen LogP contribution in [0.2, 0.25) is 5.02 Å². The number of nitrogens with zero attached hydrogens (tertiary/aromatic N) is 5. The van der Waals surface area contributed by atoms with Crippen molar-refractivity contribution in [3.8, 4) is 23.0 Å². The van der Waals surface area contributed by atoms with E-state index in [-0.39, 0.29) is 34.2 Å². The van der Waals surface area contributed by atoms with Gasteiger partial charge in [-0.25, -0.2) is 13.8 Å². The Hall–Kier alpha value is -4.61. The first kappa shape index (κ1) is 34.3. The number of aromatic nitrogens is 5. The minimum atomic E-state index is -5.01. The van der Waals surface area contributed by atoms with Gasteiger partial charge in [-0.1, -0.05) is 23.6 Å². The Morgan fingerprint density at radius 3 is 2.37 bits per heavy atom. The molecule has 0 amide bonds. The van der Waals surface area contributed by atoms with Crippen LogP contribution in [-0.2, 0) is 38.5 Å². The summed E-state index contributed by atoms with van der Waals surface area (Å²) in [5.74, 6) is -1.03. The van der Waals surface area contributed by atoms with Crippen LogP contribution >= 0.6 is 11.6 Å². The van der Waals surface area contributed by atoms with Gasteiger partial charge in [-0.2, -0.15) is 32.1 Å². The normalized spacial score (nSPS) is 14.9. The molecule has 7 nitrogen and oxygen atoms in total. The number of nitrogen functional groups attached to an aromatic ring is 1. The first-order valence-corrected chi connectivity index (χ1v) is 15.4. The van der Waals surface area contributed by atoms with Crippen LogP contribution in [0, 0.1) is 23.5 Å². The molecule has 256 valence electrons. The summed E-state index contributed by atoms with van der Waals surface area (Å²) in [5.41, 5.74) is 3.48. The highest BCUT2D eigenvalue weighted by Crippen LogP contribution is 2.47. The number of nitrogens with two attached hydrogens (primary N) is 1. The zero-order chi connectivity index (χ0) is 35.6. The second kappa shape index (κ2) is 12.1. The lowest BCUT2D eigenvalue weighted by atomic mass is 9.89. The van der Waals surface area contributed by atoms with Gasteiger partial charge < -0.3 is 10.8 Å². The Kier molecular flexibility index (Phi) is 8.44. The molecule has 2 aromatic carbocycles. The number of rotatable bonds is 6. The molecule has 0 saturated heterocycles. The molecule has 15 heteroatoms. The van der Waals surface area contributed by atoms with Gasteiger partial charge in [-0.05, 0) is 68.5 Å². The van der Waals surface area contributed by atoms with Crippen molar-refractivity contribution < 1.29 is 35.8 Å². The Labute approximate surface area is 280 Å². The number of anilines is 1. The van der Waals surface area contributed by atoms with E-state index >= 15 is 8.78 Å². The fourth-order valence-electron chi connectivity index (χ4n) is 6.30. The van der Waals surface area contributed by atoms with Crippen LogP contribution in [0.3, 0.4) is 0 Å². The van der Waals surface area contributed by atoms with Crippen LogP contribution in [-0.4, -0.2) is 35.3 Å². The van der Waals surface area contributed by atoms with Crippen LogP contribution in [0.5, 0.6) is 0 Å². The van der Waals surface area contributed by atoms with E-state index in [0.717, 1.165) is 12.1 Å². The lowest BCUT2D eigenvalue weighted by Gasteiger charge is -2.23. The summed E-state index contributed by atoms with van der Waals surface area (Å²) in [7, 11) is 1.62. The predicted molar refractivity (Wildman–Crippen MR) is 169 cm³/mol. The van der Waals surface area contributed by atoms with Crippen LogP contribution in [0.15, 0.2) is 42.5 Å². The number of aliphatic hydroxyl groups is 1. The Morgan fingerprint density at radius 1 is 1.04 bits per heavy atom. The van der Waals surface area contributed by atoms with E-state index < -0.39 is 71.6 Å². The average molecular weight is 705 g/mol. The number of fused-ring (bicyclic) bond motifs is 2. The Bertz CT molecular complexity index is 2150. The molecule has 0 unspecified atom stereocenters. The second-order valence-corrected chi connectivity index (χ2v) is 12.9. The number of pyridine rings is 1. The highest BCUT2D eigenvalue weighted by atomic mass is 35.5. The highest BCUT2D eigenvalue weighted by Gasteiger charge is 2.50. The summed E-state index contributed by atoms with van der Waals surface area (Å²) in [6.07, 6.45) is -6.64. The lowest BCUT2D eigenvalue weighted by molar-refractivity contribution is -0.142. The molecule has 6 rings (SSSR count). The van der Waals surface area contributed by atoms with Gasteiger partial charge in [0.15, 0.2) is 11.5 Å². The van der Waals surface area contributed by atoms with Crippen LogP contribution in [0.25, 0.3) is 22.0 Å². The van der Waals surface area contributed by atoms with Gasteiger partial charge in [-0.15, -0.1) is 0 Å². The van der Waals surface area contributed by atoms with Crippen molar-refractivity contribution in [2.75, 3.05) is 5.73 Å². The zero-order valence-electron chi connectivity index (χ0n) is 26.2. The molecule has 1 aliphatic carbocycles. The summed E-state index contributed by atoms with van der Waals surface area (Å²) in [6.45, 7) is 2.31. The molecule has 0 aliphatic heterocycles. The van der Waals surface area contributed by atoms with Gasteiger partial charge in [0.1, 0.15) is 28.6 Å². The quantitative estimate of drug-likeness (QED) is 0.141. The maximum absolute atomic E-state index is 15.2. The number of alkyl halides is 5. The molecule has 5 aromatic rings. The molecular weight excluding hydrogens is 677 g/mol. The Balaban J connectivity index is 1.63. The topological polar surface area (TPSA) is 94.8 Å². The number of aryl methyl sites for hydroxylation is 1. The Morgan fingerprint density at radius 2 is 1.71 bits per heavy atom. The van der Waals surface area contributed by atoms with Gasteiger partial charge in [0.25, 0.3) is 5.92 Å². The van der Waals surface area contributed by atoms with Crippen molar-refractivity contribution in [1.29, 1.82) is 0 Å². The van der Waals surface area contributed by atoms with Crippen LogP contribution in [0.4, 0.5) is 36.6 Å². The first-order valence-electron chi connectivity index (χ1n) is 15.0. The fourth-order valence-corrected chi connectivity index (χ4v) is 6.55. The van der Waals surface area contributed by atoms with Crippen molar-refractivity contribution in [3.05, 3.63) is 93.0 Å². The molecule has 3 N–H and O–H groups in total. The maximum atomic E-state index is 15.2. The molecule has 1 atom stereocenters. The van der Waals surface area contributed by atoms with Crippen molar-refractivity contribution in [3.63, 3.8) is 0 Å². The molecule has 0 spiro atoms. The molecule has 3 heterocycles. The number of hydrogen-bond acceptors (Lipinski definition) is 5. The second-order valence-electron chi connectivity index (χ2n) is 12.5. The number of benzene rings is 2. The molecular formula is C34H28ClF7N6O. The average Bonchev–Trinajstić information content (AvgIpc) is 3.62. The van der Waals surface area contributed by atoms with E-state index in [4.69, 9.17) is 22.3 Å². The van der Waals surface area contributed by atoms with E-state index in [1.165, 1.54) is 24.6 Å². The van der Waals surface area contributed by atoms with Gasteiger partial charge >= 0.3 is 6.18 Å². The SMILES string of the molecule is Cn1nc(N)c2c(Cl)ccc(-c3ccc(C#CC(C)(C)O)nc3[C@H](Cc3cc(F)cc(F)c3)Cn3nc(C(F)(F)F)c4c3C(F)(F)CC4)c21. The van der Waals surface area contributed by atoms with E-state index in [2.05, 4.69) is 22.0 Å². The predicted octanol–water partition coefficient (Wildman–Crippen LogP) is 7.55. The van der Waals surface area contributed by atoms with Gasteiger partial charge in [0, 0.05) is 42.1 Å². The summed E-state index contributed by atoms with van der Waals surface area (Å²) in [4.78, 5) is 4.72. The molecule has 49 heavy (non-hydrogen) atoms. The standard InChI is InChI=1S/C34H28ClF7N6O/c1-32(2,49)10-8-21-4-5-22(23-6-7-25(35)26-28(23)47(3)46-31(26)43)27(44-21)18(12-17-13-19(36)15-20(37)14-17)16-48-30-24(9-11-33(30,38)39)29(45-48)34(40,41)42/h4-7,13-15,18,49H,9,11-12,16H2,1-3H3,(H2,43,46)/t18-/m1/s1. The van der Waals surface area contributed by atoms with Crippen LogP contribution < -0.4 is 5.73 Å². The number of halogens is 8. The third-order valence-electron chi connectivity index (χ3n) is 8.21. The summed E-state index contributed by atoms with van der Waals surface area (Å²) in [5, 5.41) is 18.8. The fraction of sp³-hybridized carbons (Fsp3) is 0.324. The molecule has 0 saturated carbocycles. The molecule has 0 radical (unpaired) electrons. The van der Waals surface area contributed by atoms with Crippen molar-refractivity contribution >= 4 is 28.3 Å². The van der Waals surface area contributed by atoms with Gasteiger partial charge in [0.2, 0.25) is 0 Å². The van der Waals surface area contributed by atoms with E-state index in [0.29, 0.717) is 32.8 Å². The largest absolute Gasteiger partial charge is 0.435 e. The minimum absolute atomic E-state index is 0.0841. The van der Waals surface area contributed by atoms with E-state index in [1.54, 1.807) is 25.2 Å². The smallest absolute Gasteiger partial charge is 0.382 e. The minimum Gasteiger partial charge on any atom is -0.382 e. The molecule has 1 aliphatic rings. The van der Waals surface area contributed by atoms with E-state index in [1.807, 2.05) is 0 Å². The highest BCUT2D eigenvalue weighted by molar-refractivity contribution is 6.37. The maximum Gasteiger partial charge on any atom is 0.435 e. The summed E-state index contributed by atoms with van der Waals surface area (Å²) >= 11 is 6.47.